The van der Waals surface area contributed by atoms with E-state index in [9.17, 15) is 0 Å². The molecular weight excluding hydrogens is 214 g/mol. The van der Waals surface area contributed by atoms with Crippen LogP contribution in [-0.2, 0) is 6.42 Å². The molecule has 0 spiro atoms. The quantitative estimate of drug-likeness (QED) is 0.441. The molecule has 0 saturated carbocycles. The van der Waals surface area contributed by atoms with Gasteiger partial charge in [-0.15, -0.1) is 6.58 Å². The van der Waals surface area contributed by atoms with Crippen LogP contribution in [0.1, 0.15) is 12.7 Å². The van der Waals surface area contributed by atoms with E-state index in [-0.39, 0.29) is 0 Å². The first kappa shape index (κ1) is 11.7. The molecule has 0 aliphatic carbocycles. The number of hydrogen-bond donors (Lipinski definition) is 1. The van der Waals surface area contributed by atoms with Gasteiger partial charge in [-0.3, -0.25) is 0 Å². The third-order valence-electron chi connectivity index (χ3n) is 1.56. The first-order valence-corrected chi connectivity index (χ1v) is 6.39. The maximum absolute atomic E-state index is 4.37. The zero-order valence-corrected chi connectivity index (χ0v) is 9.96. The summed E-state index contributed by atoms with van der Waals surface area (Å²) >= 11 is 3.25. The lowest BCUT2D eigenvalue weighted by Gasteiger charge is -1.98. The third kappa shape index (κ3) is 4.21. The molecule has 0 radical (unpaired) electrons. The first-order valence-electron chi connectivity index (χ1n) is 4.63. The summed E-state index contributed by atoms with van der Waals surface area (Å²) in [6, 6.07) is 0. The number of thioether (sulfide) groups is 1. The van der Waals surface area contributed by atoms with Gasteiger partial charge in [0.15, 0.2) is 4.34 Å². The van der Waals surface area contributed by atoms with E-state index in [1.54, 1.807) is 11.8 Å². The van der Waals surface area contributed by atoms with Crippen molar-refractivity contribution in [3.8, 4) is 0 Å². The molecular formula is C9H15N3S2. The maximum Gasteiger partial charge on any atom is 0.170 e. The number of rotatable bonds is 7. The van der Waals surface area contributed by atoms with Crippen molar-refractivity contribution in [2.45, 2.75) is 17.7 Å². The topological polar surface area (TPSA) is 37.8 Å². The second-order valence-electron chi connectivity index (χ2n) is 2.67. The van der Waals surface area contributed by atoms with Crippen LogP contribution in [0.2, 0.25) is 0 Å². The van der Waals surface area contributed by atoms with Crippen molar-refractivity contribution in [1.82, 2.24) is 14.7 Å². The second kappa shape index (κ2) is 6.98. The van der Waals surface area contributed by atoms with Gasteiger partial charge in [-0.25, -0.2) is 4.98 Å². The average Bonchev–Trinajstić information content (AvgIpc) is 2.65. The van der Waals surface area contributed by atoms with E-state index >= 15 is 0 Å². The Morgan fingerprint density at radius 3 is 3.14 bits per heavy atom. The highest BCUT2D eigenvalue weighted by Gasteiger charge is 2.01. The van der Waals surface area contributed by atoms with Gasteiger partial charge in [0.05, 0.1) is 0 Å². The number of aromatic nitrogens is 2. The van der Waals surface area contributed by atoms with Crippen molar-refractivity contribution in [2.75, 3.05) is 18.8 Å². The molecule has 78 valence electrons. The van der Waals surface area contributed by atoms with Crippen molar-refractivity contribution in [3.63, 3.8) is 0 Å². The summed E-state index contributed by atoms with van der Waals surface area (Å²) in [4.78, 5) is 4.37. The van der Waals surface area contributed by atoms with Gasteiger partial charge in [-0.1, -0.05) is 24.8 Å². The van der Waals surface area contributed by atoms with Crippen LogP contribution >= 0.6 is 23.3 Å². The number of hydrogen-bond acceptors (Lipinski definition) is 5. The van der Waals surface area contributed by atoms with Crippen molar-refractivity contribution in [1.29, 1.82) is 0 Å². The fraction of sp³-hybridized carbons (Fsp3) is 0.556. The molecule has 0 aliphatic heterocycles. The monoisotopic (exact) mass is 229 g/mol. The normalized spacial score (nSPS) is 10.4. The van der Waals surface area contributed by atoms with Gasteiger partial charge in [-0.2, -0.15) is 4.37 Å². The number of nitrogens with one attached hydrogen (secondary N) is 1. The Morgan fingerprint density at radius 1 is 1.64 bits per heavy atom. The molecule has 0 aliphatic rings. The molecule has 0 unspecified atom stereocenters. The summed E-state index contributed by atoms with van der Waals surface area (Å²) in [7, 11) is 0. The van der Waals surface area contributed by atoms with Crippen LogP contribution in [0.15, 0.2) is 17.0 Å². The third-order valence-corrected chi connectivity index (χ3v) is 3.43. The molecule has 0 amide bonds. The van der Waals surface area contributed by atoms with Gasteiger partial charge in [0.1, 0.15) is 5.82 Å². The minimum absolute atomic E-state index is 0.872. The van der Waals surface area contributed by atoms with E-state index in [0.29, 0.717) is 0 Å². The summed E-state index contributed by atoms with van der Waals surface area (Å²) in [6.45, 7) is 7.57. The fourth-order valence-electron chi connectivity index (χ4n) is 0.855. The molecule has 1 aromatic heterocycles. The van der Waals surface area contributed by atoms with E-state index in [2.05, 4.69) is 28.2 Å². The lowest BCUT2D eigenvalue weighted by molar-refractivity contribution is 0.806. The summed E-state index contributed by atoms with van der Waals surface area (Å²) in [5.41, 5.74) is 0. The van der Waals surface area contributed by atoms with Gasteiger partial charge < -0.3 is 5.32 Å². The molecule has 1 heterocycles. The highest BCUT2D eigenvalue weighted by atomic mass is 32.2. The predicted molar refractivity (Wildman–Crippen MR) is 63.1 cm³/mol. The summed E-state index contributed by atoms with van der Waals surface area (Å²) in [6.07, 6.45) is 2.79. The molecule has 0 bridgehead atoms. The van der Waals surface area contributed by atoms with Gasteiger partial charge in [0, 0.05) is 25.3 Å². The largest absolute Gasteiger partial charge is 0.312 e. The summed E-state index contributed by atoms with van der Waals surface area (Å²) < 4.78 is 5.29. The molecule has 0 atom stereocenters. The van der Waals surface area contributed by atoms with E-state index in [1.807, 2.05) is 6.08 Å². The van der Waals surface area contributed by atoms with Crippen molar-refractivity contribution < 1.29 is 0 Å². The molecule has 3 nitrogen and oxygen atoms in total. The minimum atomic E-state index is 0.872. The zero-order valence-electron chi connectivity index (χ0n) is 8.32. The fourth-order valence-corrected chi connectivity index (χ4v) is 2.52. The Hall–Kier alpha value is -0.390. The highest BCUT2D eigenvalue weighted by Crippen LogP contribution is 2.19. The van der Waals surface area contributed by atoms with Crippen molar-refractivity contribution in [3.05, 3.63) is 18.5 Å². The van der Waals surface area contributed by atoms with Gasteiger partial charge in [-0.05, 0) is 11.5 Å². The van der Waals surface area contributed by atoms with Crippen LogP contribution in [0, 0.1) is 0 Å². The SMILES string of the molecule is C=CCNCCSc1nc(CC)ns1. The Morgan fingerprint density at radius 2 is 2.50 bits per heavy atom. The Labute approximate surface area is 93.2 Å². The predicted octanol–water partition coefficient (Wildman–Crippen LogP) is 1.97. The van der Waals surface area contributed by atoms with Crippen LogP contribution in [0.4, 0.5) is 0 Å². The lowest BCUT2D eigenvalue weighted by atomic mass is 10.5. The first-order chi connectivity index (χ1) is 6.86. The van der Waals surface area contributed by atoms with E-state index in [4.69, 9.17) is 0 Å². The zero-order chi connectivity index (χ0) is 10.2. The molecule has 1 rings (SSSR count). The smallest absolute Gasteiger partial charge is 0.170 e. The van der Waals surface area contributed by atoms with Gasteiger partial charge in [0.25, 0.3) is 0 Å². The lowest BCUT2D eigenvalue weighted by Crippen LogP contribution is -2.16. The maximum atomic E-state index is 4.37. The van der Waals surface area contributed by atoms with Crippen LogP contribution in [0.5, 0.6) is 0 Å². The van der Waals surface area contributed by atoms with Crippen LogP contribution in [-0.4, -0.2) is 28.2 Å². The Balaban J connectivity index is 2.14. The van der Waals surface area contributed by atoms with E-state index in [0.717, 1.165) is 35.4 Å². The highest BCUT2D eigenvalue weighted by molar-refractivity contribution is 8.00. The summed E-state index contributed by atoms with van der Waals surface area (Å²) in [5, 5.41) is 3.24. The van der Waals surface area contributed by atoms with Crippen molar-refractivity contribution in [2.24, 2.45) is 0 Å². The van der Waals surface area contributed by atoms with E-state index < -0.39 is 0 Å². The van der Waals surface area contributed by atoms with Gasteiger partial charge >= 0.3 is 0 Å². The van der Waals surface area contributed by atoms with Crippen LogP contribution < -0.4 is 5.32 Å². The molecule has 0 fully saturated rings. The number of aryl methyl sites for hydroxylation is 1. The average molecular weight is 229 g/mol. The van der Waals surface area contributed by atoms with Gasteiger partial charge in [0.2, 0.25) is 0 Å². The molecule has 1 N–H and O–H groups in total. The Kier molecular flexibility index (Phi) is 5.82. The molecule has 14 heavy (non-hydrogen) atoms. The van der Waals surface area contributed by atoms with Crippen LogP contribution in [0.3, 0.4) is 0 Å². The Bertz CT molecular complexity index is 273. The van der Waals surface area contributed by atoms with Crippen molar-refractivity contribution >= 4 is 23.3 Å². The minimum Gasteiger partial charge on any atom is -0.312 e. The number of nitrogens with zero attached hydrogens (tertiary/aromatic N) is 2. The molecule has 5 heteroatoms. The van der Waals surface area contributed by atoms with E-state index in [1.165, 1.54) is 11.5 Å². The molecule has 1 aromatic rings. The molecule has 0 aromatic carbocycles. The standard InChI is InChI=1S/C9H15N3S2/c1-3-5-10-6-7-13-9-11-8(4-2)12-14-9/h3,10H,1,4-7H2,2H3. The summed E-state index contributed by atoms with van der Waals surface area (Å²) in [5.74, 6) is 1.99. The second-order valence-corrected chi connectivity index (χ2v) is 4.77. The van der Waals surface area contributed by atoms with Crippen LogP contribution in [0.25, 0.3) is 0 Å². The molecule has 0 saturated heterocycles.